The molecule has 76 valence electrons. The van der Waals surface area contributed by atoms with E-state index in [2.05, 4.69) is 13.2 Å². The van der Waals surface area contributed by atoms with Crippen molar-refractivity contribution in [3.05, 3.63) is 60.0 Å². The summed E-state index contributed by atoms with van der Waals surface area (Å²) in [6.45, 7) is 12.6. The van der Waals surface area contributed by atoms with Gasteiger partial charge in [-0.1, -0.05) is 31.4 Å². The number of hydrogen-bond donors (Lipinski definition) is 0. The number of halogens is 1. The van der Waals surface area contributed by atoms with E-state index in [1.54, 1.807) is 6.08 Å². The summed E-state index contributed by atoms with van der Waals surface area (Å²) in [6, 6.07) is 0. The lowest BCUT2D eigenvalue weighted by molar-refractivity contribution is 0.670. The third-order valence-electron chi connectivity index (χ3n) is 1.93. The van der Waals surface area contributed by atoms with Crippen LogP contribution in [0.1, 0.15) is 20.8 Å². The van der Waals surface area contributed by atoms with Gasteiger partial charge in [-0.05, 0) is 43.6 Å². The maximum atomic E-state index is 12.6. The van der Waals surface area contributed by atoms with Crippen LogP contribution in [0, 0.1) is 0 Å². The molecule has 0 aliphatic carbocycles. The highest BCUT2D eigenvalue weighted by Gasteiger charge is 2.02. The van der Waals surface area contributed by atoms with Crippen LogP contribution < -0.4 is 0 Å². The molecule has 0 aromatic carbocycles. The number of allylic oxidation sites excluding steroid dienone is 8. The lowest BCUT2D eigenvalue weighted by atomic mass is 9.98. The van der Waals surface area contributed by atoms with Gasteiger partial charge in [-0.15, -0.1) is 0 Å². The first kappa shape index (κ1) is 12.6. The molecular formula is C13H17F. The van der Waals surface area contributed by atoms with Crippen LogP contribution in [0.2, 0.25) is 0 Å². The summed E-state index contributed by atoms with van der Waals surface area (Å²) in [5.74, 6) is -0.429. The van der Waals surface area contributed by atoms with E-state index >= 15 is 0 Å². The van der Waals surface area contributed by atoms with E-state index in [1.807, 2.05) is 32.9 Å². The summed E-state index contributed by atoms with van der Waals surface area (Å²) in [4.78, 5) is 0. The van der Waals surface area contributed by atoms with Crippen molar-refractivity contribution >= 4 is 0 Å². The fourth-order valence-corrected chi connectivity index (χ4v) is 1.32. The smallest absolute Gasteiger partial charge is 0.116 e. The Morgan fingerprint density at radius 2 is 1.79 bits per heavy atom. The zero-order valence-electron chi connectivity index (χ0n) is 9.10. The van der Waals surface area contributed by atoms with E-state index in [-0.39, 0.29) is 0 Å². The van der Waals surface area contributed by atoms with Crippen molar-refractivity contribution < 1.29 is 4.39 Å². The third-order valence-corrected chi connectivity index (χ3v) is 1.93. The zero-order valence-corrected chi connectivity index (χ0v) is 9.10. The van der Waals surface area contributed by atoms with Gasteiger partial charge in [-0.3, -0.25) is 0 Å². The molecule has 0 rings (SSSR count). The summed E-state index contributed by atoms with van der Waals surface area (Å²) >= 11 is 0. The second-order valence-corrected chi connectivity index (χ2v) is 2.92. The van der Waals surface area contributed by atoms with Gasteiger partial charge < -0.3 is 0 Å². The van der Waals surface area contributed by atoms with Crippen LogP contribution in [-0.4, -0.2) is 0 Å². The average Bonchev–Trinajstić information content (AvgIpc) is 2.12. The van der Waals surface area contributed by atoms with E-state index in [9.17, 15) is 4.39 Å². The van der Waals surface area contributed by atoms with Crippen LogP contribution in [0.4, 0.5) is 4.39 Å². The van der Waals surface area contributed by atoms with Gasteiger partial charge >= 0.3 is 0 Å². The SMILES string of the molecule is C=C/C(=C\C)C(=CC)/C(C)=C\C(=C)F. The summed E-state index contributed by atoms with van der Waals surface area (Å²) < 4.78 is 12.6. The van der Waals surface area contributed by atoms with E-state index in [0.29, 0.717) is 0 Å². The van der Waals surface area contributed by atoms with Crippen LogP contribution in [0.25, 0.3) is 0 Å². The first-order valence-electron chi connectivity index (χ1n) is 4.55. The Kier molecular flexibility index (Phi) is 5.54. The molecule has 1 heteroatoms. The molecule has 0 amide bonds. The molecule has 0 nitrogen and oxygen atoms in total. The first-order chi connectivity index (χ1) is 6.56. The molecule has 0 aliphatic rings. The van der Waals surface area contributed by atoms with Crippen LogP contribution in [0.5, 0.6) is 0 Å². The first-order valence-corrected chi connectivity index (χ1v) is 4.55. The number of hydrogen-bond acceptors (Lipinski definition) is 0. The monoisotopic (exact) mass is 192 g/mol. The Labute approximate surface area is 85.8 Å². The van der Waals surface area contributed by atoms with Crippen molar-refractivity contribution in [1.29, 1.82) is 0 Å². The lowest BCUT2D eigenvalue weighted by Crippen LogP contribution is -1.88. The van der Waals surface area contributed by atoms with Gasteiger partial charge in [-0.2, -0.15) is 0 Å². The molecule has 0 bridgehead atoms. The highest BCUT2D eigenvalue weighted by molar-refractivity contribution is 5.51. The van der Waals surface area contributed by atoms with Crippen molar-refractivity contribution in [2.75, 3.05) is 0 Å². The minimum Gasteiger partial charge on any atom is -0.208 e. The maximum absolute atomic E-state index is 12.6. The Balaban J connectivity index is 5.12. The lowest BCUT2D eigenvalue weighted by Gasteiger charge is -2.07. The predicted octanol–water partition coefficient (Wildman–Crippen LogP) is 4.49. The highest BCUT2D eigenvalue weighted by Crippen LogP contribution is 2.21. The molecule has 0 saturated carbocycles. The molecule has 0 spiro atoms. The van der Waals surface area contributed by atoms with E-state index < -0.39 is 5.83 Å². The minimum atomic E-state index is -0.429. The predicted molar refractivity (Wildman–Crippen MR) is 61.7 cm³/mol. The van der Waals surface area contributed by atoms with E-state index in [1.165, 1.54) is 6.08 Å². The minimum absolute atomic E-state index is 0.429. The van der Waals surface area contributed by atoms with Crippen molar-refractivity contribution in [1.82, 2.24) is 0 Å². The second-order valence-electron chi connectivity index (χ2n) is 2.92. The summed E-state index contributed by atoms with van der Waals surface area (Å²) in [6.07, 6.45) is 7.06. The van der Waals surface area contributed by atoms with Crippen LogP contribution in [0.15, 0.2) is 60.0 Å². The van der Waals surface area contributed by atoms with Gasteiger partial charge in [-0.25, -0.2) is 4.39 Å². The van der Waals surface area contributed by atoms with Crippen LogP contribution in [-0.2, 0) is 0 Å². The fraction of sp³-hybridized carbons (Fsp3) is 0.231. The Hall–Kier alpha value is -1.37. The molecule has 14 heavy (non-hydrogen) atoms. The van der Waals surface area contributed by atoms with Gasteiger partial charge in [0.1, 0.15) is 5.83 Å². The molecule has 0 heterocycles. The normalized spacial score (nSPS) is 14.1. The molecular weight excluding hydrogens is 175 g/mol. The molecule has 0 radical (unpaired) electrons. The van der Waals surface area contributed by atoms with Gasteiger partial charge in [0.25, 0.3) is 0 Å². The molecule has 0 aromatic heterocycles. The fourth-order valence-electron chi connectivity index (χ4n) is 1.32. The van der Waals surface area contributed by atoms with Gasteiger partial charge in [0.2, 0.25) is 0 Å². The van der Waals surface area contributed by atoms with Gasteiger partial charge in [0, 0.05) is 0 Å². The Morgan fingerprint density at radius 1 is 1.21 bits per heavy atom. The maximum Gasteiger partial charge on any atom is 0.116 e. The quantitative estimate of drug-likeness (QED) is 0.575. The third kappa shape index (κ3) is 3.56. The molecule has 0 aliphatic heterocycles. The molecule has 0 fully saturated rings. The molecule has 0 N–H and O–H groups in total. The molecule has 0 saturated heterocycles. The molecule has 0 aromatic rings. The summed E-state index contributed by atoms with van der Waals surface area (Å²) in [5, 5.41) is 0. The summed E-state index contributed by atoms with van der Waals surface area (Å²) in [5.41, 5.74) is 2.84. The van der Waals surface area contributed by atoms with E-state index in [4.69, 9.17) is 0 Å². The van der Waals surface area contributed by atoms with E-state index in [0.717, 1.165) is 16.7 Å². The van der Waals surface area contributed by atoms with Crippen LogP contribution in [0.3, 0.4) is 0 Å². The van der Waals surface area contributed by atoms with Crippen molar-refractivity contribution in [3.8, 4) is 0 Å². The Morgan fingerprint density at radius 3 is 2.07 bits per heavy atom. The highest BCUT2D eigenvalue weighted by atomic mass is 19.1. The Bertz CT molecular complexity index is 314. The van der Waals surface area contributed by atoms with Crippen molar-refractivity contribution in [2.24, 2.45) is 0 Å². The van der Waals surface area contributed by atoms with Crippen LogP contribution >= 0.6 is 0 Å². The standard InChI is InChI=1S/C13H17F/c1-6-12(7-2)13(8-3)10(4)9-11(5)14/h6-9H,1,5H2,2-4H3/b10-9-,12-7+,13-8?. The van der Waals surface area contributed by atoms with Gasteiger partial charge in [0.05, 0.1) is 0 Å². The summed E-state index contributed by atoms with van der Waals surface area (Å²) in [7, 11) is 0. The topological polar surface area (TPSA) is 0 Å². The van der Waals surface area contributed by atoms with Gasteiger partial charge in [0.15, 0.2) is 0 Å². The molecule has 0 unspecified atom stereocenters. The largest absolute Gasteiger partial charge is 0.208 e. The zero-order chi connectivity index (χ0) is 11.1. The number of rotatable bonds is 4. The molecule has 0 atom stereocenters. The average molecular weight is 192 g/mol. The van der Waals surface area contributed by atoms with Crippen molar-refractivity contribution in [2.45, 2.75) is 20.8 Å². The van der Waals surface area contributed by atoms with Crippen molar-refractivity contribution in [3.63, 3.8) is 0 Å². The second kappa shape index (κ2) is 6.14.